The summed E-state index contributed by atoms with van der Waals surface area (Å²) in [5.74, 6) is 2.19. The largest absolute Gasteiger partial charge is 0.477 e. The number of ether oxygens (including phenoxy) is 1. The lowest BCUT2D eigenvalue weighted by atomic mass is 10.0. The van der Waals surface area contributed by atoms with Gasteiger partial charge in [-0.15, -0.1) is 0 Å². The Bertz CT molecular complexity index is 1040. The summed E-state index contributed by atoms with van der Waals surface area (Å²) in [7, 11) is 0. The summed E-state index contributed by atoms with van der Waals surface area (Å²) in [4.78, 5) is 4.88. The smallest absolute Gasteiger partial charge is 0.222 e. The topological polar surface area (TPSA) is 62.9 Å². The van der Waals surface area contributed by atoms with Crippen LogP contribution < -0.4 is 10.1 Å². The van der Waals surface area contributed by atoms with Crippen molar-refractivity contribution in [3.8, 4) is 23.1 Å². The van der Waals surface area contributed by atoms with Gasteiger partial charge >= 0.3 is 0 Å². The van der Waals surface area contributed by atoms with Gasteiger partial charge in [-0.1, -0.05) is 25.0 Å². The van der Waals surface area contributed by atoms with Gasteiger partial charge in [0, 0.05) is 18.3 Å². The molecule has 1 N–H and O–H groups in total. The number of rotatable bonds is 7. The Labute approximate surface area is 171 Å². The second-order valence-electron chi connectivity index (χ2n) is 8.34. The number of nitrogens with one attached hydrogen (secondary N) is 1. The van der Waals surface area contributed by atoms with Crippen LogP contribution in [0.15, 0.2) is 42.6 Å². The van der Waals surface area contributed by atoms with Gasteiger partial charge in [-0.25, -0.2) is 4.98 Å². The molecule has 0 radical (unpaired) electrons. The maximum absolute atomic E-state index is 9.12. The zero-order valence-corrected chi connectivity index (χ0v) is 16.6. The minimum absolute atomic E-state index is 0.663. The fourth-order valence-electron chi connectivity index (χ4n) is 4.17. The van der Waals surface area contributed by atoms with Crippen LogP contribution in [0.5, 0.6) is 5.88 Å². The van der Waals surface area contributed by atoms with Crippen molar-refractivity contribution in [1.29, 1.82) is 5.26 Å². The normalized spacial score (nSPS) is 18.8. The summed E-state index contributed by atoms with van der Waals surface area (Å²) in [6, 6.07) is 14.2. The van der Waals surface area contributed by atoms with Gasteiger partial charge in [-0.3, -0.25) is 0 Å². The van der Waals surface area contributed by atoms with E-state index in [2.05, 4.69) is 34.3 Å². The maximum atomic E-state index is 9.12. The molecule has 5 nitrogen and oxygen atoms in total. The number of benzene rings is 1. The highest BCUT2D eigenvalue weighted by Crippen LogP contribution is 2.35. The molecule has 0 bridgehead atoms. The van der Waals surface area contributed by atoms with E-state index < -0.39 is 0 Å². The second kappa shape index (κ2) is 7.88. The first-order valence-electron chi connectivity index (χ1n) is 10.6. The highest BCUT2D eigenvalue weighted by Gasteiger charge is 2.22. The Kier molecular flexibility index (Phi) is 4.95. The first-order chi connectivity index (χ1) is 14.3. The van der Waals surface area contributed by atoms with Crippen LogP contribution in [-0.2, 0) is 6.54 Å². The van der Waals surface area contributed by atoms with Crippen molar-refractivity contribution in [3.05, 3.63) is 48.2 Å². The Morgan fingerprint density at radius 3 is 2.72 bits per heavy atom. The molecule has 1 saturated carbocycles. The number of nitrogens with zero attached hydrogens (tertiary/aromatic N) is 3. The molecule has 1 aromatic carbocycles. The van der Waals surface area contributed by atoms with E-state index in [0.717, 1.165) is 54.1 Å². The van der Waals surface area contributed by atoms with Crippen LogP contribution in [0.3, 0.4) is 0 Å². The molecule has 29 heavy (non-hydrogen) atoms. The van der Waals surface area contributed by atoms with Crippen LogP contribution in [0.25, 0.3) is 22.2 Å². The average molecular weight is 386 g/mol. The predicted molar refractivity (Wildman–Crippen MR) is 114 cm³/mol. The quantitative estimate of drug-likeness (QED) is 0.655. The molecule has 2 fully saturated rings. The van der Waals surface area contributed by atoms with Crippen molar-refractivity contribution < 1.29 is 4.74 Å². The van der Waals surface area contributed by atoms with Gasteiger partial charge < -0.3 is 14.6 Å². The Morgan fingerprint density at radius 2 is 2.00 bits per heavy atom. The Balaban J connectivity index is 1.50. The first kappa shape index (κ1) is 18.2. The summed E-state index contributed by atoms with van der Waals surface area (Å²) in [6.45, 7) is 3.91. The van der Waals surface area contributed by atoms with Crippen LogP contribution >= 0.6 is 0 Å². The van der Waals surface area contributed by atoms with Crippen molar-refractivity contribution in [2.45, 2.75) is 32.2 Å². The molecule has 1 atom stereocenters. The van der Waals surface area contributed by atoms with E-state index in [-0.39, 0.29) is 0 Å². The van der Waals surface area contributed by atoms with Crippen molar-refractivity contribution in [2.24, 2.45) is 11.8 Å². The van der Waals surface area contributed by atoms with Gasteiger partial charge in [0.1, 0.15) is 0 Å². The standard InChI is InChI=1S/C24H26N4O/c25-14-18-3-5-20(6-4-18)21-13-23-22(27-24(21)29-12-9-17-1-2-17)8-11-28(23)16-19-7-10-26-15-19/h3-6,8,11,13,17,19,26H,1-2,7,9-10,12,15-16H2/t19-/m0/s1. The lowest BCUT2D eigenvalue weighted by molar-refractivity contribution is 0.293. The summed E-state index contributed by atoms with van der Waals surface area (Å²) in [5, 5.41) is 12.6. The maximum Gasteiger partial charge on any atom is 0.222 e. The van der Waals surface area contributed by atoms with E-state index in [1.165, 1.54) is 19.3 Å². The molecule has 1 aliphatic heterocycles. The van der Waals surface area contributed by atoms with Crippen molar-refractivity contribution in [1.82, 2.24) is 14.9 Å². The van der Waals surface area contributed by atoms with E-state index in [0.29, 0.717) is 24.0 Å². The molecule has 5 heteroatoms. The van der Waals surface area contributed by atoms with E-state index in [4.69, 9.17) is 15.0 Å². The highest BCUT2D eigenvalue weighted by atomic mass is 16.5. The summed E-state index contributed by atoms with van der Waals surface area (Å²) in [5.41, 5.74) is 4.83. The van der Waals surface area contributed by atoms with Gasteiger partial charge in [0.2, 0.25) is 5.88 Å². The molecule has 5 rings (SSSR count). The van der Waals surface area contributed by atoms with Crippen molar-refractivity contribution >= 4 is 11.0 Å². The van der Waals surface area contributed by atoms with Gasteiger partial charge in [0.25, 0.3) is 0 Å². The van der Waals surface area contributed by atoms with Crippen LogP contribution in [0, 0.1) is 23.2 Å². The molecule has 0 amide bonds. The molecule has 0 spiro atoms. The number of fused-ring (bicyclic) bond motifs is 1. The summed E-state index contributed by atoms with van der Waals surface area (Å²) < 4.78 is 8.47. The fraction of sp³-hybridized carbons (Fsp3) is 0.417. The van der Waals surface area contributed by atoms with Crippen molar-refractivity contribution in [3.63, 3.8) is 0 Å². The zero-order valence-electron chi connectivity index (χ0n) is 16.6. The van der Waals surface area contributed by atoms with Crippen LogP contribution in [-0.4, -0.2) is 29.2 Å². The number of hydrogen-bond donors (Lipinski definition) is 1. The fourth-order valence-corrected chi connectivity index (χ4v) is 4.17. The molecule has 0 unspecified atom stereocenters. The molecule has 1 saturated heterocycles. The molecular weight excluding hydrogens is 360 g/mol. The van der Waals surface area contributed by atoms with Crippen LogP contribution in [0.2, 0.25) is 0 Å². The Hall–Kier alpha value is -2.84. The monoisotopic (exact) mass is 386 g/mol. The molecule has 3 heterocycles. The van der Waals surface area contributed by atoms with E-state index in [1.807, 2.05) is 24.3 Å². The van der Waals surface area contributed by atoms with E-state index in [9.17, 15) is 0 Å². The highest BCUT2D eigenvalue weighted by molar-refractivity contribution is 5.84. The third-order valence-corrected chi connectivity index (χ3v) is 6.12. The van der Waals surface area contributed by atoms with Gasteiger partial charge in [-0.2, -0.15) is 5.26 Å². The molecule has 1 aliphatic carbocycles. The predicted octanol–water partition coefficient (Wildman–Crippen LogP) is 4.36. The minimum Gasteiger partial charge on any atom is -0.477 e. The van der Waals surface area contributed by atoms with Gasteiger partial charge in [-0.05, 0) is 67.6 Å². The van der Waals surface area contributed by atoms with Crippen molar-refractivity contribution in [2.75, 3.05) is 19.7 Å². The number of hydrogen-bond acceptors (Lipinski definition) is 4. The third kappa shape index (κ3) is 3.99. The third-order valence-electron chi connectivity index (χ3n) is 6.12. The summed E-state index contributed by atoms with van der Waals surface area (Å²) >= 11 is 0. The number of aromatic nitrogens is 2. The van der Waals surface area contributed by atoms with Gasteiger partial charge in [0.15, 0.2) is 0 Å². The minimum atomic E-state index is 0.663. The van der Waals surface area contributed by atoms with Crippen LogP contribution in [0.4, 0.5) is 0 Å². The number of pyridine rings is 1. The molecule has 2 aliphatic rings. The molecule has 3 aromatic rings. The molecule has 2 aromatic heterocycles. The lowest BCUT2D eigenvalue weighted by Gasteiger charge is -2.14. The number of nitriles is 1. The average Bonchev–Trinajstić information content (AvgIpc) is 3.28. The van der Waals surface area contributed by atoms with E-state index in [1.54, 1.807) is 0 Å². The summed E-state index contributed by atoms with van der Waals surface area (Å²) in [6.07, 6.45) is 7.13. The lowest BCUT2D eigenvalue weighted by Crippen LogP contribution is -2.14. The first-order valence-corrected chi connectivity index (χ1v) is 10.6. The second-order valence-corrected chi connectivity index (χ2v) is 8.34. The molecule has 148 valence electrons. The zero-order chi connectivity index (χ0) is 19.6. The molecular formula is C24H26N4O. The SMILES string of the molecule is N#Cc1ccc(-c2cc3c(ccn3C[C@H]3CCNC3)nc2OCCC2CC2)cc1. The Morgan fingerprint density at radius 1 is 1.14 bits per heavy atom. The van der Waals surface area contributed by atoms with E-state index >= 15 is 0 Å². The van der Waals surface area contributed by atoms with Gasteiger partial charge in [0.05, 0.1) is 29.3 Å². The van der Waals surface area contributed by atoms with Crippen LogP contribution in [0.1, 0.15) is 31.2 Å².